The Bertz CT molecular complexity index is 461. The van der Waals surface area contributed by atoms with Crippen LogP contribution in [0.1, 0.15) is 12.8 Å². The number of thioether (sulfide) groups is 1. The summed E-state index contributed by atoms with van der Waals surface area (Å²) in [4.78, 5) is 13.2. The summed E-state index contributed by atoms with van der Waals surface area (Å²) in [6, 6.07) is 0.732. The van der Waals surface area contributed by atoms with Gasteiger partial charge in [-0.1, -0.05) is 11.8 Å². The van der Waals surface area contributed by atoms with Crippen LogP contribution < -0.4 is 10.6 Å². The van der Waals surface area contributed by atoms with Crippen LogP contribution in [-0.4, -0.2) is 69.1 Å². The van der Waals surface area contributed by atoms with Crippen LogP contribution in [0, 0.1) is 0 Å². The zero-order chi connectivity index (χ0) is 13.8. The standard InChI is InChI=1S/C11H19N7OS/c19-10-13-3-5-17(10)7-8-20-11-14-15-16-18(11)6-4-12-9-1-2-9/h9,12H,1-8H2,(H,13,19). The van der Waals surface area contributed by atoms with E-state index in [9.17, 15) is 4.79 Å². The fourth-order valence-corrected chi connectivity index (χ4v) is 2.94. The Morgan fingerprint density at radius 3 is 3.05 bits per heavy atom. The molecule has 2 N–H and O–H groups in total. The van der Waals surface area contributed by atoms with E-state index in [0.717, 1.165) is 43.6 Å². The third kappa shape index (κ3) is 3.60. The van der Waals surface area contributed by atoms with Gasteiger partial charge in [-0.25, -0.2) is 9.48 Å². The lowest BCUT2D eigenvalue weighted by molar-refractivity contribution is 0.220. The lowest BCUT2D eigenvalue weighted by Gasteiger charge is -2.12. The third-order valence-electron chi connectivity index (χ3n) is 3.37. The van der Waals surface area contributed by atoms with Crippen molar-refractivity contribution in [1.82, 2.24) is 35.7 Å². The molecule has 0 atom stereocenters. The number of nitrogens with one attached hydrogen (secondary N) is 2. The lowest BCUT2D eigenvalue weighted by atomic mass is 10.6. The first-order valence-electron chi connectivity index (χ1n) is 6.98. The van der Waals surface area contributed by atoms with Gasteiger partial charge in [-0.2, -0.15) is 0 Å². The maximum atomic E-state index is 11.4. The van der Waals surface area contributed by atoms with E-state index in [-0.39, 0.29) is 6.03 Å². The number of urea groups is 1. The van der Waals surface area contributed by atoms with Gasteiger partial charge in [0.25, 0.3) is 0 Å². The zero-order valence-corrected chi connectivity index (χ0v) is 12.1. The minimum Gasteiger partial charge on any atom is -0.336 e. The van der Waals surface area contributed by atoms with Gasteiger partial charge in [0, 0.05) is 38.0 Å². The van der Waals surface area contributed by atoms with Crippen LogP contribution in [0.25, 0.3) is 0 Å². The normalized spacial score (nSPS) is 18.6. The van der Waals surface area contributed by atoms with E-state index in [1.165, 1.54) is 12.8 Å². The molecule has 1 aromatic heterocycles. The maximum Gasteiger partial charge on any atom is 0.317 e. The molecule has 0 aromatic carbocycles. The molecule has 2 amide bonds. The van der Waals surface area contributed by atoms with E-state index < -0.39 is 0 Å². The van der Waals surface area contributed by atoms with Gasteiger partial charge in [-0.15, -0.1) is 5.10 Å². The molecular weight excluding hydrogens is 278 g/mol. The van der Waals surface area contributed by atoms with E-state index >= 15 is 0 Å². The molecule has 1 saturated heterocycles. The molecule has 9 heteroatoms. The molecule has 2 aliphatic rings. The quantitative estimate of drug-likeness (QED) is 0.632. The van der Waals surface area contributed by atoms with E-state index in [1.54, 1.807) is 11.8 Å². The molecule has 1 saturated carbocycles. The first-order chi connectivity index (χ1) is 9.83. The molecule has 1 aliphatic heterocycles. The first kappa shape index (κ1) is 13.6. The van der Waals surface area contributed by atoms with Crippen LogP contribution in [0.4, 0.5) is 4.79 Å². The summed E-state index contributed by atoms with van der Waals surface area (Å²) in [7, 11) is 0. The van der Waals surface area contributed by atoms with Crippen molar-refractivity contribution in [2.45, 2.75) is 30.6 Å². The number of aromatic nitrogens is 4. The number of hydrogen-bond donors (Lipinski definition) is 2. The fourth-order valence-electron chi connectivity index (χ4n) is 2.07. The highest BCUT2D eigenvalue weighted by Crippen LogP contribution is 2.18. The van der Waals surface area contributed by atoms with Crippen LogP contribution in [-0.2, 0) is 6.54 Å². The van der Waals surface area contributed by atoms with Crippen molar-refractivity contribution < 1.29 is 4.79 Å². The number of rotatable bonds is 8. The van der Waals surface area contributed by atoms with Crippen molar-refractivity contribution in [2.24, 2.45) is 0 Å². The lowest BCUT2D eigenvalue weighted by Crippen LogP contribution is -2.30. The second kappa shape index (κ2) is 6.40. The van der Waals surface area contributed by atoms with Gasteiger partial charge in [0.2, 0.25) is 5.16 Å². The minimum atomic E-state index is 0.0267. The molecule has 0 unspecified atom stereocenters. The predicted octanol–water partition coefficient (Wildman–Crippen LogP) is -0.458. The molecule has 110 valence electrons. The molecule has 1 aliphatic carbocycles. The molecule has 8 nitrogen and oxygen atoms in total. The van der Waals surface area contributed by atoms with E-state index in [0.29, 0.717) is 6.04 Å². The second-order valence-electron chi connectivity index (χ2n) is 4.98. The highest BCUT2D eigenvalue weighted by molar-refractivity contribution is 7.99. The van der Waals surface area contributed by atoms with Gasteiger partial charge in [0.05, 0.1) is 6.54 Å². The second-order valence-corrected chi connectivity index (χ2v) is 6.04. The van der Waals surface area contributed by atoms with Crippen molar-refractivity contribution in [3.63, 3.8) is 0 Å². The molecule has 0 radical (unpaired) electrons. The van der Waals surface area contributed by atoms with E-state index in [4.69, 9.17) is 0 Å². The van der Waals surface area contributed by atoms with Crippen molar-refractivity contribution in [3.05, 3.63) is 0 Å². The number of carbonyl (C=O) groups excluding carboxylic acids is 1. The number of nitrogens with zero attached hydrogens (tertiary/aromatic N) is 5. The Kier molecular flexibility index (Phi) is 4.36. The largest absolute Gasteiger partial charge is 0.336 e. The van der Waals surface area contributed by atoms with Crippen molar-refractivity contribution >= 4 is 17.8 Å². The predicted molar refractivity (Wildman–Crippen MR) is 74.5 cm³/mol. The molecule has 2 heterocycles. The fraction of sp³-hybridized carbons (Fsp3) is 0.818. The molecule has 0 spiro atoms. The van der Waals surface area contributed by atoms with E-state index in [1.807, 2.05) is 9.58 Å². The Labute approximate surface area is 121 Å². The number of hydrogen-bond acceptors (Lipinski definition) is 6. The molecule has 0 bridgehead atoms. The molecular formula is C11H19N7OS. The van der Waals surface area contributed by atoms with Crippen LogP contribution >= 0.6 is 11.8 Å². The minimum absolute atomic E-state index is 0.0267. The Morgan fingerprint density at radius 1 is 1.40 bits per heavy atom. The summed E-state index contributed by atoms with van der Waals surface area (Å²) in [6.07, 6.45) is 2.57. The first-order valence-corrected chi connectivity index (χ1v) is 7.96. The molecule has 20 heavy (non-hydrogen) atoms. The van der Waals surface area contributed by atoms with Gasteiger partial charge in [0.15, 0.2) is 0 Å². The highest BCUT2D eigenvalue weighted by Gasteiger charge is 2.20. The smallest absolute Gasteiger partial charge is 0.317 e. The maximum absolute atomic E-state index is 11.4. The Morgan fingerprint density at radius 2 is 2.30 bits per heavy atom. The van der Waals surface area contributed by atoms with Gasteiger partial charge in [-0.05, 0) is 23.3 Å². The third-order valence-corrected chi connectivity index (χ3v) is 4.31. The van der Waals surface area contributed by atoms with Gasteiger partial charge < -0.3 is 15.5 Å². The summed E-state index contributed by atoms with van der Waals surface area (Å²) < 4.78 is 1.82. The molecule has 1 aromatic rings. The summed E-state index contributed by atoms with van der Waals surface area (Å²) in [5.74, 6) is 0.809. The number of amides is 2. The topological polar surface area (TPSA) is 88.0 Å². The zero-order valence-electron chi connectivity index (χ0n) is 11.3. The van der Waals surface area contributed by atoms with Gasteiger partial charge >= 0.3 is 6.03 Å². The highest BCUT2D eigenvalue weighted by atomic mass is 32.2. The number of carbonyl (C=O) groups is 1. The van der Waals surface area contributed by atoms with Crippen molar-refractivity contribution in [1.29, 1.82) is 0 Å². The van der Waals surface area contributed by atoms with Crippen LogP contribution in [0.5, 0.6) is 0 Å². The van der Waals surface area contributed by atoms with Crippen LogP contribution in [0.2, 0.25) is 0 Å². The summed E-state index contributed by atoms with van der Waals surface area (Å²) in [6.45, 7) is 3.95. The molecule has 2 fully saturated rings. The monoisotopic (exact) mass is 297 g/mol. The average Bonchev–Trinajstić information content (AvgIpc) is 3.01. The summed E-state index contributed by atoms with van der Waals surface area (Å²) in [5, 5.41) is 18.8. The Hall–Kier alpha value is -1.35. The van der Waals surface area contributed by atoms with Gasteiger partial charge in [-0.3, -0.25) is 0 Å². The van der Waals surface area contributed by atoms with Crippen LogP contribution in [0.15, 0.2) is 5.16 Å². The Balaban J connectivity index is 1.40. The molecule has 3 rings (SSSR count). The summed E-state index contributed by atoms with van der Waals surface area (Å²) >= 11 is 1.59. The van der Waals surface area contributed by atoms with Crippen molar-refractivity contribution in [2.75, 3.05) is 31.9 Å². The average molecular weight is 297 g/mol. The number of tetrazole rings is 1. The van der Waals surface area contributed by atoms with Crippen LogP contribution in [0.3, 0.4) is 0 Å². The SMILES string of the molecule is O=C1NCCN1CCSc1nnnn1CCNC1CC1. The summed E-state index contributed by atoms with van der Waals surface area (Å²) in [5.41, 5.74) is 0. The van der Waals surface area contributed by atoms with E-state index in [2.05, 4.69) is 26.2 Å². The van der Waals surface area contributed by atoms with Crippen molar-refractivity contribution in [3.8, 4) is 0 Å². The van der Waals surface area contributed by atoms with Gasteiger partial charge in [0.1, 0.15) is 0 Å².